The van der Waals surface area contributed by atoms with E-state index in [1.54, 1.807) is 40.5 Å². The Bertz CT molecular complexity index is 1640. The number of amides is 2. The van der Waals surface area contributed by atoms with Crippen molar-refractivity contribution in [3.05, 3.63) is 99.9 Å². The summed E-state index contributed by atoms with van der Waals surface area (Å²) >= 11 is 1.54. The fourth-order valence-electron chi connectivity index (χ4n) is 7.15. The Balaban J connectivity index is 1.21. The number of carboxylic acids is 1. The summed E-state index contributed by atoms with van der Waals surface area (Å²) in [5, 5.41) is 15.3. The number of hydrogen-bond donors (Lipinski definition) is 2. The molecule has 5 rings (SSSR count). The van der Waals surface area contributed by atoms with Crippen molar-refractivity contribution >= 4 is 34.7 Å². The summed E-state index contributed by atoms with van der Waals surface area (Å²) in [6, 6.07) is 24.7. The summed E-state index contributed by atoms with van der Waals surface area (Å²) in [6.45, 7) is 10.8. The smallest absolute Gasteiger partial charge is 0.335 e. The summed E-state index contributed by atoms with van der Waals surface area (Å²) in [6.07, 6.45) is 10.7. The molecular formula is C42H54N4O3S. The fourth-order valence-corrected chi connectivity index (χ4v) is 7.89. The number of nitrogens with one attached hydrogen (secondary N) is 1. The molecule has 1 heterocycles. The summed E-state index contributed by atoms with van der Waals surface area (Å²) in [5.41, 5.74) is 6.83. The molecule has 1 saturated carbocycles. The van der Waals surface area contributed by atoms with Gasteiger partial charge in [0.2, 0.25) is 0 Å². The highest BCUT2D eigenvalue weighted by Crippen LogP contribution is 2.31. The van der Waals surface area contributed by atoms with Crippen LogP contribution in [0.5, 0.6) is 0 Å². The van der Waals surface area contributed by atoms with Crippen molar-refractivity contribution < 1.29 is 14.7 Å². The number of benzene rings is 3. The first-order valence-electron chi connectivity index (χ1n) is 18.5. The van der Waals surface area contributed by atoms with Crippen LogP contribution >= 0.6 is 11.3 Å². The second-order valence-electron chi connectivity index (χ2n) is 14.0. The molecule has 1 aromatic heterocycles. The third-order valence-corrected chi connectivity index (χ3v) is 10.8. The zero-order valence-electron chi connectivity index (χ0n) is 30.2. The van der Waals surface area contributed by atoms with Gasteiger partial charge in [-0.3, -0.25) is 4.90 Å². The van der Waals surface area contributed by atoms with Crippen molar-refractivity contribution in [2.45, 2.75) is 111 Å². The molecule has 0 unspecified atom stereocenters. The van der Waals surface area contributed by atoms with Crippen molar-refractivity contribution in [1.29, 1.82) is 0 Å². The van der Waals surface area contributed by atoms with Crippen LogP contribution in [0.2, 0.25) is 0 Å². The molecule has 0 saturated heterocycles. The average Bonchev–Trinajstić information content (AvgIpc) is 3.62. The number of nitrogens with zero attached hydrogens (tertiary/aromatic N) is 3. The largest absolute Gasteiger partial charge is 0.478 e. The van der Waals surface area contributed by atoms with Gasteiger partial charge in [-0.2, -0.15) is 0 Å². The van der Waals surface area contributed by atoms with Crippen LogP contribution in [0.25, 0.3) is 11.3 Å². The molecule has 1 aliphatic carbocycles. The van der Waals surface area contributed by atoms with E-state index in [-0.39, 0.29) is 11.6 Å². The first kappa shape index (κ1) is 37.1. The Kier molecular flexibility index (Phi) is 13.5. The van der Waals surface area contributed by atoms with Crippen LogP contribution in [0, 0.1) is 5.92 Å². The minimum atomic E-state index is -0.977. The Hall–Kier alpha value is -4.17. The molecule has 0 spiro atoms. The molecule has 0 atom stereocenters. The highest BCUT2D eigenvalue weighted by atomic mass is 32.1. The lowest BCUT2D eigenvalue weighted by Crippen LogP contribution is -2.42. The van der Waals surface area contributed by atoms with Gasteiger partial charge in [-0.25, -0.2) is 14.6 Å². The third kappa shape index (κ3) is 9.96. The van der Waals surface area contributed by atoms with Gasteiger partial charge in [0.15, 0.2) is 0 Å². The van der Waals surface area contributed by atoms with Crippen LogP contribution in [0.1, 0.15) is 118 Å². The molecule has 50 heavy (non-hydrogen) atoms. The Morgan fingerprint density at radius 1 is 0.880 bits per heavy atom. The number of urea groups is 1. The van der Waals surface area contributed by atoms with E-state index in [2.05, 4.69) is 86.4 Å². The number of rotatable bonds is 16. The Morgan fingerprint density at radius 3 is 2.12 bits per heavy atom. The standard InChI is InChI=1S/C42H54N4O3S/c1-5-10-33(11-6-2)34-18-22-37(23-19-34)45(30(3)4)27-32-14-16-35(17-15-32)39-29-50-40(44-39)26-43-42(49)46(28-31-12-8-7-9-13-31)38-24-20-36(21-25-38)41(47)48/h14-25,29-31,33H,5-13,26-28H2,1-4H3,(H,43,49)(H,47,48). The highest BCUT2D eigenvalue weighted by Gasteiger charge is 2.23. The molecule has 0 radical (unpaired) electrons. The van der Waals surface area contributed by atoms with Gasteiger partial charge in [0.1, 0.15) is 5.01 Å². The lowest BCUT2D eigenvalue weighted by Gasteiger charge is -2.30. The van der Waals surface area contributed by atoms with E-state index in [4.69, 9.17) is 4.98 Å². The number of anilines is 2. The Labute approximate surface area is 302 Å². The van der Waals surface area contributed by atoms with Gasteiger partial charge in [-0.15, -0.1) is 11.3 Å². The molecule has 4 aromatic rings. The lowest BCUT2D eigenvalue weighted by atomic mass is 9.89. The van der Waals surface area contributed by atoms with E-state index < -0.39 is 5.97 Å². The van der Waals surface area contributed by atoms with Gasteiger partial charge in [-0.05, 0) is 98.9 Å². The number of carbonyl (C=O) groups excluding carboxylic acids is 1. The van der Waals surface area contributed by atoms with Crippen molar-refractivity contribution in [1.82, 2.24) is 10.3 Å². The molecule has 2 amide bonds. The first-order valence-corrected chi connectivity index (χ1v) is 19.4. The molecule has 2 N–H and O–H groups in total. The van der Waals surface area contributed by atoms with Crippen LogP contribution in [-0.4, -0.2) is 34.7 Å². The quantitative estimate of drug-likeness (QED) is 0.122. The van der Waals surface area contributed by atoms with E-state index in [0.717, 1.165) is 35.7 Å². The van der Waals surface area contributed by atoms with Gasteiger partial charge in [0.05, 0.1) is 17.8 Å². The number of thiazole rings is 1. The summed E-state index contributed by atoms with van der Waals surface area (Å²) in [4.78, 5) is 34.0. The number of aromatic nitrogens is 1. The number of carboxylic acid groups (broad SMARTS) is 1. The maximum atomic E-state index is 13.5. The molecular weight excluding hydrogens is 641 g/mol. The van der Waals surface area contributed by atoms with Gasteiger partial charge >= 0.3 is 12.0 Å². The molecule has 3 aromatic carbocycles. The van der Waals surface area contributed by atoms with Crippen molar-refractivity contribution in [2.75, 3.05) is 16.3 Å². The maximum absolute atomic E-state index is 13.5. The Morgan fingerprint density at radius 2 is 1.52 bits per heavy atom. The summed E-state index contributed by atoms with van der Waals surface area (Å²) in [5.74, 6) is 0.105. The number of hydrogen-bond acceptors (Lipinski definition) is 5. The minimum Gasteiger partial charge on any atom is -0.478 e. The maximum Gasteiger partial charge on any atom is 0.335 e. The zero-order chi connectivity index (χ0) is 35.5. The van der Waals surface area contributed by atoms with Crippen LogP contribution < -0.4 is 15.1 Å². The predicted molar refractivity (Wildman–Crippen MR) is 207 cm³/mol. The van der Waals surface area contributed by atoms with Crippen molar-refractivity contribution in [3.8, 4) is 11.3 Å². The third-order valence-electron chi connectivity index (χ3n) is 9.98. The van der Waals surface area contributed by atoms with Crippen LogP contribution in [0.3, 0.4) is 0 Å². The van der Waals surface area contributed by atoms with E-state index >= 15 is 0 Å². The fraction of sp³-hybridized carbons (Fsp3) is 0.452. The second kappa shape index (κ2) is 18.2. The van der Waals surface area contributed by atoms with Gasteiger partial charge in [0, 0.05) is 41.4 Å². The molecule has 7 nitrogen and oxygen atoms in total. The molecule has 0 aliphatic heterocycles. The monoisotopic (exact) mass is 694 g/mol. The van der Waals surface area contributed by atoms with E-state index in [9.17, 15) is 14.7 Å². The van der Waals surface area contributed by atoms with Gasteiger partial charge in [0.25, 0.3) is 0 Å². The van der Waals surface area contributed by atoms with Crippen LogP contribution in [0.4, 0.5) is 16.2 Å². The van der Waals surface area contributed by atoms with Crippen molar-refractivity contribution in [3.63, 3.8) is 0 Å². The SMILES string of the molecule is CCCC(CCC)c1ccc(N(Cc2ccc(-c3csc(CNC(=O)N(CC4CCCCC4)c4ccc(C(=O)O)cc4)n3)cc2)C(C)C)cc1. The van der Waals surface area contributed by atoms with Crippen LogP contribution in [-0.2, 0) is 13.1 Å². The van der Waals surface area contributed by atoms with Crippen molar-refractivity contribution in [2.24, 2.45) is 5.92 Å². The minimum absolute atomic E-state index is 0.189. The number of aromatic carboxylic acids is 1. The second-order valence-corrected chi connectivity index (χ2v) is 15.0. The van der Waals surface area contributed by atoms with Gasteiger partial charge < -0.3 is 15.3 Å². The topological polar surface area (TPSA) is 85.8 Å². The summed E-state index contributed by atoms with van der Waals surface area (Å²) < 4.78 is 0. The van der Waals surface area contributed by atoms with E-state index in [1.807, 2.05) is 5.38 Å². The predicted octanol–water partition coefficient (Wildman–Crippen LogP) is 10.9. The first-order chi connectivity index (χ1) is 24.2. The molecule has 8 heteroatoms. The highest BCUT2D eigenvalue weighted by molar-refractivity contribution is 7.09. The summed E-state index contributed by atoms with van der Waals surface area (Å²) in [7, 11) is 0. The average molecular weight is 695 g/mol. The number of carbonyl (C=O) groups is 2. The zero-order valence-corrected chi connectivity index (χ0v) is 31.1. The molecule has 1 fully saturated rings. The van der Waals surface area contributed by atoms with E-state index in [0.29, 0.717) is 36.7 Å². The lowest BCUT2D eigenvalue weighted by molar-refractivity contribution is 0.0697. The van der Waals surface area contributed by atoms with Crippen LogP contribution in [0.15, 0.2) is 78.2 Å². The normalized spacial score (nSPS) is 13.5. The van der Waals surface area contributed by atoms with E-state index in [1.165, 1.54) is 61.8 Å². The van der Waals surface area contributed by atoms with Gasteiger partial charge in [-0.1, -0.05) is 82.3 Å². The molecule has 266 valence electrons. The molecule has 0 bridgehead atoms. The molecule has 1 aliphatic rings.